The number of sulfonamides is 1. The van der Waals surface area contributed by atoms with Gasteiger partial charge in [-0.2, -0.15) is 0 Å². The Labute approximate surface area is 129 Å². The van der Waals surface area contributed by atoms with Crippen molar-refractivity contribution in [3.05, 3.63) is 59.9 Å². The number of hydrogen-bond donors (Lipinski definition) is 1. The van der Waals surface area contributed by atoms with Crippen molar-refractivity contribution in [1.82, 2.24) is 9.97 Å². The molecule has 3 aromatic rings. The molecule has 0 atom stereocenters. The van der Waals surface area contributed by atoms with E-state index in [0.29, 0.717) is 5.69 Å². The zero-order valence-electron chi connectivity index (χ0n) is 12.4. The van der Waals surface area contributed by atoms with Gasteiger partial charge in [-0.1, -0.05) is 24.3 Å². The summed E-state index contributed by atoms with van der Waals surface area (Å²) in [6.07, 6.45) is 1.59. The maximum Gasteiger partial charge on any atom is 0.239 e. The first-order valence-electron chi connectivity index (χ1n) is 6.91. The minimum Gasteiger partial charge on any atom is -0.345 e. The highest BCUT2D eigenvalue weighted by Crippen LogP contribution is 2.23. The zero-order chi connectivity index (χ0) is 15.7. The van der Waals surface area contributed by atoms with Crippen molar-refractivity contribution >= 4 is 26.7 Å². The van der Waals surface area contributed by atoms with Gasteiger partial charge in [0.1, 0.15) is 0 Å². The Morgan fingerprint density at radius 3 is 2.73 bits per heavy atom. The first kappa shape index (κ1) is 14.6. The summed E-state index contributed by atoms with van der Waals surface area (Å²) in [5.41, 5.74) is 4.04. The van der Waals surface area contributed by atoms with Crippen molar-refractivity contribution in [2.45, 2.75) is 12.7 Å². The molecule has 0 amide bonds. The third kappa shape index (κ3) is 2.69. The Morgan fingerprint density at radius 1 is 1.18 bits per heavy atom. The molecular weight excluding hydrogens is 298 g/mol. The molecule has 0 aliphatic heterocycles. The minimum atomic E-state index is -3.44. The molecule has 1 heterocycles. The van der Waals surface area contributed by atoms with E-state index in [-0.39, 0.29) is 5.75 Å². The van der Waals surface area contributed by atoms with E-state index < -0.39 is 10.0 Å². The van der Waals surface area contributed by atoms with Crippen LogP contribution in [-0.2, 0) is 15.8 Å². The second-order valence-electron chi connectivity index (χ2n) is 5.25. The van der Waals surface area contributed by atoms with Gasteiger partial charge in [0.2, 0.25) is 10.0 Å². The molecule has 0 saturated carbocycles. The number of hydrogen-bond acceptors (Lipinski definition) is 3. The van der Waals surface area contributed by atoms with Gasteiger partial charge in [0, 0.05) is 7.05 Å². The second-order valence-corrected chi connectivity index (χ2v) is 7.25. The van der Waals surface area contributed by atoms with E-state index in [0.717, 1.165) is 22.2 Å². The van der Waals surface area contributed by atoms with E-state index in [1.807, 2.05) is 31.2 Å². The van der Waals surface area contributed by atoms with Gasteiger partial charge >= 0.3 is 0 Å². The van der Waals surface area contributed by atoms with Gasteiger partial charge in [0.25, 0.3) is 0 Å². The number of anilines is 1. The lowest BCUT2D eigenvalue weighted by atomic mass is 10.1. The van der Waals surface area contributed by atoms with Crippen LogP contribution in [0.15, 0.2) is 48.8 Å². The first-order valence-corrected chi connectivity index (χ1v) is 8.52. The number of aromatic amines is 1. The molecule has 1 aromatic heterocycles. The van der Waals surface area contributed by atoms with Crippen LogP contribution < -0.4 is 4.31 Å². The molecule has 0 aliphatic carbocycles. The highest BCUT2D eigenvalue weighted by molar-refractivity contribution is 7.92. The largest absolute Gasteiger partial charge is 0.345 e. The molecule has 3 rings (SSSR count). The van der Waals surface area contributed by atoms with E-state index >= 15 is 0 Å². The van der Waals surface area contributed by atoms with Crippen LogP contribution in [0.2, 0.25) is 0 Å². The van der Waals surface area contributed by atoms with E-state index in [1.165, 1.54) is 4.31 Å². The zero-order valence-corrected chi connectivity index (χ0v) is 13.3. The molecular formula is C16H17N3O2S. The number of imidazole rings is 1. The maximum atomic E-state index is 12.6. The molecule has 2 aromatic carbocycles. The molecule has 0 unspecified atom stereocenters. The number of aryl methyl sites for hydroxylation is 1. The van der Waals surface area contributed by atoms with Crippen LogP contribution in [0.25, 0.3) is 11.0 Å². The first-order chi connectivity index (χ1) is 10.5. The van der Waals surface area contributed by atoms with Crippen LogP contribution in [0, 0.1) is 6.92 Å². The number of aromatic nitrogens is 2. The number of benzene rings is 2. The summed E-state index contributed by atoms with van der Waals surface area (Å²) in [5, 5.41) is 0. The predicted molar refractivity (Wildman–Crippen MR) is 88.3 cm³/mol. The molecule has 114 valence electrons. The molecule has 22 heavy (non-hydrogen) atoms. The van der Waals surface area contributed by atoms with Crippen LogP contribution in [0.5, 0.6) is 0 Å². The monoisotopic (exact) mass is 315 g/mol. The fraction of sp³-hybridized carbons (Fsp3) is 0.188. The van der Waals surface area contributed by atoms with Gasteiger partial charge in [-0.05, 0) is 36.2 Å². The summed E-state index contributed by atoms with van der Waals surface area (Å²) in [6.45, 7) is 1.92. The number of rotatable bonds is 4. The number of nitrogens with zero attached hydrogens (tertiary/aromatic N) is 2. The Hall–Kier alpha value is -2.34. The quantitative estimate of drug-likeness (QED) is 0.805. The molecule has 1 N–H and O–H groups in total. The van der Waals surface area contributed by atoms with Crippen LogP contribution >= 0.6 is 0 Å². The number of nitrogens with one attached hydrogen (secondary N) is 1. The predicted octanol–water partition coefficient (Wildman–Crippen LogP) is 2.84. The highest BCUT2D eigenvalue weighted by Gasteiger charge is 2.20. The molecule has 6 heteroatoms. The summed E-state index contributed by atoms with van der Waals surface area (Å²) in [5.74, 6) is -0.0167. The van der Waals surface area contributed by atoms with Crippen molar-refractivity contribution in [2.75, 3.05) is 11.4 Å². The molecule has 0 spiro atoms. The summed E-state index contributed by atoms with van der Waals surface area (Å²) in [4.78, 5) is 7.13. The van der Waals surface area contributed by atoms with Gasteiger partial charge in [0.05, 0.1) is 28.8 Å². The smallest absolute Gasteiger partial charge is 0.239 e. The average molecular weight is 315 g/mol. The van der Waals surface area contributed by atoms with Crippen LogP contribution in [-0.4, -0.2) is 25.4 Å². The van der Waals surface area contributed by atoms with Gasteiger partial charge in [-0.25, -0.2) is 13.4 Å². The lowest BCUT2D eigenvalue weighted by Gasteiger charge is -2.20. The molecule has 0 radical (unpaired) electrons. The van der Waals surface area contributed by atoms with Crippen molar-refractivity contribution < 1.29 is 8.42 Å². The van der Waals surface area contributed by atoms with E-state index in [2.05, 4.69) is 9.97 Å². The van der Waals surface area contributed by atoms with Crippen LogP contribution in [0.4, 0.5) is 5.69 Å². The SMILES string of the molecule is Cc1ccccc1CS(=O)(=O)N(C)c1ccc2nc[nH]c2c1. The fourth-order valence-electron chi connectivity index (χ4n) is 2.35. The number of fused-ring (bicyclic) bond motifs is 1. The molecule has 0 fully saturated rings. The Bertz CT molecular complexity index is 916. The summed E-state index contributed by atoms with van der Waals surface area (Å²) in [6, 6.07) is 12.9. The molecule has 0 bridgehead atoms. The normalized spacial score (nSPS) is 11.7. The Kier molecular flexibility index (Phi) is 3.62. The van der Waals surface area contributed by atoms with Crippen molar-refractivity contribution in [1.29, 1.82) is 0 Å². The standard InChI is InChI=1S/C16H17N3O2S/c1-12-5-3-4-6-13(12)10-22(20,21)19(2)14-7-8-15-16(9-14)18-11-17-15/h3-9,11H,10H2,1-2H3,(H,17,18). The van der Waals surface area contributed by atoms with E-state index in [4.69, 9.17) is 0 Å². The third-order valence-corrected chi connectivity index (χ3v) is 5.50. The molecule has 0 aliphatic rings. The molecule has 5 nitrogen and oxygen atoms in total. The summed E-state index contributed by atoms with van der Waals surface area (Å²) in [7, 11) is -1.87. The van der Waals surface area contributed by atoms with Crippen LogP contribution in [0.1, 0.15) is 11.1 Å². The maximum absolute atomic E-state index is 12.6. The lowest BCUT2D eigenvalue weighted by molar-refractivity contribution is 0.593. The highest BCUT2D eigenvalue weighted by atomic mass is 32.2. The summed E-state index contributed by atoms with van der Waals surface area (Å²) < 4.78 is 26.6. The van der Waals surface area contributed by atoms with Gasteiger partial charge in [-0.15, -0.1) is 0 Å². The van der Waals surface area contributed by atoms with Crippen molar-refractivity contribution in [2.24, 2.45) is 0 Å². The lowest BCUT2D eigenvalue weighted by Crippen LogP contribution is -2.28. The topological polar surface area (TPSA) is 66.1 Å². The molecule has 0 saturated heterocycles. The van der Waals surface area contributed by atoms with E-state index in [9.17, 15) is 8.42 Å². The number of H-pyrrole nitrogens is 1. The average Bonchev–Trinajstić information content (AvgIpc) is 2.96. The summed E-state index contributed by atoms with van der Waals surface area (Å²) >= 11 is 0. The third-order valence-electron chi connectivity index (χ3n) is 3.78. The van der Waals surface area contributed by atoms with Gasteiger partial charge in [0.15, 0.2) is 0 Å². The van der Waals surface area contributed by atoms with Crippen molar-refractivity contribution in [3.63, 3.8) is 0 Å². The Morgan fingerprint density at radius 2 is 1.95 bits per heavy atom. The Balaban J connectivity index is 1.92. The second kappa shape index (κ2) is 5.46. The van der Waals surface area contributed by atoms with Gasteiger partial charge in [-0.3, -0.25) is 4.31 Å². The van der Waals surface area contributed by atoms with Crippen LogP contribution in [0.3, 0.4) is 0 Å². The minimum absolute atomic E-state index is 0.0167. The van der Waals surface area contributed by atoms with Gasteiger partial charge < -0.3 is 4.98 Å². The van der Waals surface area contributed by atoms with E-state index in [1.54, 1.807) is 31.6 Å². The van der Waals surface area contributed by atoms with Crippen molar-refractivity contribution in [3.8, 4) is 0 Å². The fourth-order valence-corrected chi connectivity index (χ4v) is 3.69.